The van der Waals surface area contributed by atoms with Gasteiger partial charge in [-0.05, 0) is 54.1 Å². The number of hydrogen-bond acceptors (Lipinski definition) is 3. The van der Waals surface area contributed by atoms with Crippen molar-refractivity contribution in [1.29, 1.82) is 0 Å². The van der Waals surface area contributed by atoms with Gasteiger partial charge in [-0.25, -0.2) is 4.39 Å². The molecule has 3 aromatic rings. The number of nitrogens with zero attached hydrogens (tertiary/aromatic N) is 1. The zero-order valence-electron chi connectivity index (χ0n) is 14.1. The number of nitrogens with one attached hydrogen (secondary N) is 1. The van der Waals surface area contributed by atoms with E-state index in [0.29, 0.717) is 16.9 Å². The third-order valence-electron chi connectivity index (χ3n) is 3.86. The number of anilines is 1. The fourth-order valence-corrected chi connectivity index (χ4v) is 2.53. The van der Waals surface area contributed by atoms with Crippen LogP contribution in [0.1, 0.15) is 15.9 Å². The third kappa shape index (κ3) is 3.97. The number of ether oxygens (including phenoxy) is 1. The van der Waals surface area contributed by atoms with Gasteiger partial charge in [0.25, 0.3) is 11.5 Å². The Kier molecular flexibility index (Phi) is 5.12. The first kappa shape index (κ1) is 17.4. The standard InChI is InChI=1S/C20H17FN2O3/c1-26-17-9-7-15(8-10-17)19(24)22-18-6-3-11-23(20(18)25)13-14-4-2-5-16(21)12-14/h2-12H,13H2,1H3,(H,22,24). The summed E-state index contributed by atoms with van der Waals surface area (Å²) >= 11 is 0. The number of amides is 1. The number of methoxy groups -OCH3 is 1. The Bertz CT molecular complexity index is 981. The Balaban J connectivity index is 1.80. The van der Waals surface area contributed by atoms with Crippen LogP contribution in [0.3, 0.4) is 0 Å². The van der Waals surface area contributed by atoms with E-state index in [4.69, 9.17) is 4.74 Å². The maximum atomic E-state index is 13.3. The molecule has 0 radical (unpaired) electrons. The fraction of sp³-hybridized carbons (Fsp3) is 0.100. The summed E-state index contributed by atoms with van der Waals surface area (Å²) in [4.78, 5) is 24.9. The molecule has 6 heteroatoms. The van der Waals surface area contributed by atoms with E-state index in [1.165, 1.54) is 22.8 Å². The van der Waals surface area contributed by atoms with Crippen molar-refractivity contribution < 1.29 is 13.9 Å². The summed E-state index contributed by atoms with van der Waals surface area (Å²) in [6, 6.07) is 15.8. The van der Waals surface area contributed by atoms with Crippen molar-refractivity contribution in [3.8, 4) is 5.75 Å². The van der Waals surface area contributed by atoms with Crippen LogP contribution in [-0.2, 0) is 6.54 Å². The highest BCUT2D eigenvalue weighted by molar-refractivity contribution is 6.04. The van der Waals surface area contributed by atoms with E-state index in [1.54, 1.807) is 55.8 Å². The summed E-state index contributed by atoms with van der Waals surface area (Å²) in [5.41, 5.74) is 0.861. The molecule has 0 aliphatic carbocycles. The molecule has 5 nitrogen and oxygen atoms in total. The van der Waals surface area contributed by atoms with E-state index in [-0.39, 0.29) is 23.6 Å². The topological polar surface area (TPSA) is 60.3 Å². The first-order valence-electron chi connectivity index (χ1n) is 7.96. The third-order valence-corrected chi connectivity index (χ3v) is 3.86. The predicted molar refractivity (Wildman–Crippen MR) is 97.2 cm³/mol. The quantitative estimate of drug-likeness (QED) is 0.766. The molecule has 1 N–H and O–H groups in total. The molecule has 26 heavy (non-hydrogen) atoms. The molecule has 0 spiro atoms. The molecule has 0 fully saturated rings. The molecule has 3 rings (SSSR count). The molecule has 0 unspecified atom stereocenters. The molecule has 1 aromatic heterocycles. The van der Waals surface area contributed by atoms with Gasteiger partial charge in [-0.1, -0.05) is 12.1 Å². The highest BCUT2D eigenvalue weighted by Gasteiger charge is 2.10. The summed E-state index contributed by atoms with van der Waals surface area (Å²) in [5.74, 6) is -0.119. The Labute approximate surface area is 149 Å². The maximum absolute atomic E-state index is 13.3. The lowest BCUT2D eigenvalue weighted by molar-refractivity contribution is 0.102. The van der Waals surface area contributed by atoms with E-state index in [9.17, 15) is 14.0 Å². The van der Waals surface area contributed by atoms with Crippen molar-refractivity contribution in [2.45, 2.75) is 6.54 Å². The summed E-state index contributed by atoms with van der Waals surface area (Å²) < 4.78 is 19.8. The van der Waals surface area contributed by atoms with Gasteiger partial charge in [-0.2, -0.15) is 0 Å². The van der Waals surface area contributed by atoms with Crippen molar-refractivity contribution in [1.82, 2.24) is 4.57 Å². The van der Waals surface area contributed by atoms with Gasteiger partial charge in [0.2, 0.25) is 0 Å². The zero-order chi connectivity index (χ0) is 18.5. The van der Waals surface area contributed by atoms with Crippen LogP contribution in [0.5, 0.6) is 5.75 Å². The lowest BCUT2D eigenvalue weighted by Crippen LogP contribution is -2.25. The van der Waals surface area contributed by atoms with Crippen molar-refractivity contribution in [3.63, 3.8) is 0 Å². The lowest BCUT2D eigenvalue weighted by atomic mass is 10.2. The van der Waals surface area contributed by atoms with E-state index in [2.05, 4.69) is 5.32 Å². The molecule has 0 saturated heterocycles. The smallest absolute Gasteiger partial charge is 0.274 e. The Morgan fingerprint density at radius 3 is 2.58 bits per heavy atom. The molecular formula is C20H17FN2O3. The Hall–Kier alpha value is -3.41. The fourth-order valence-electron chi connectivity index (χ4n) is 2.53. The Morgan fingerprint density at radius 2 is 1.88 bits per heavy atom. The van der Waals surface area contributed by atoms with Crippen LogP contribution in [0.25, 0.3) is 0 Å². The minimum Gasteiger partial charge on any atom is -0.497 e. The van der Waals surface area contributed by atoms with Crippen LogP contribution in [0.15, 0.2) is 71.7 Å². The summed E-state index contributed by atoms with van der Waals surface area (Å²) in [7, 11) is 1.54. The van der Waals surface area contributed by atoms with Crippen LogP contribution in [0, 0.1) is 5.82 Å². The van der Waals surface area contributed by atoms with Gasteiger partial charge in [-0.3, -0.25) is 9.59 Å². The van der Waals surface area contributed by atoms with Gasteiger partial charge in [-0.15, -0.1) is 0 Å². The number of halogens is 1. The number of aromatic nitrogens is 1. The van der Waals surface area contributed by atoms with Gasteiger partial charge in [0, 0.05) is 11.8 Å². The van der Waals surface area contributed by atoms with Gasteiger partial charge < -0.3 is 14.6 Å². The molecule has 1 heterocycles. The monoisotopic (exact) mass is 352 g/mol. The largest absolute Gasteiger partial charge is 0.497 e. The zero-order valence-corrected chi connectivity index (χ0v) is 14.1. The average molecular weight is 352 g/mol. The molecule has 1 amide bonds. The van der Waals surface area contributed by atoms with Gasteiger partial charge in [0.1, 0.15) is 17.3 Å². The number of pyridine rings is 1. The van der Waals surface area contributed by atoms with Crippen LogP contribution in [-0.4, -0.2) is 17.6 Å². The summed E-state index contributed by atoms with van der Waals surface area (Å²) in [5, 5.41) is 2.61. The highest BCUT2D eigenvalue weighted by Crippen LogP contribution is 2.13. The number of hydrogen-bond donors (Lipinski definition) is 1. The highest BCUT2D eigenvalue weighted by atomic mass is 19.1. The van der Waals surface area contributed by atoms with Crippen molar-refractivity contribution in [2.24, 2.45) is 0 Å². The first-order valence-corrected chi connectivity index (χ1v) is 7.96. The molecule has 0 aliphatic heterocycles. The minimum atomic E-state index is -0.395. The summed E-state index contributed by atoms with van der Waals surface area (Å²) in [6.07, 6.45) is 1.59. The average Bonchev–Trinajstić information content (AvgIpc) is 2.65. The molecule has 132 valence electrons. The number of carbonyl (C=O) groups excluding carboxylic acids is 1. The maximum Gasteiger partial charge on any atom is 0.274 e. The lowest BCUT2D eigenvalue weighted by Gasteiger charge is -2.10. The first-order chi connectivity index (χ1) is 12.6. The number of benzene rings is 2. The van der Waals surface area contributed by atoms with Crippen molar-refractivity contribution in [3.05, 3.63) is 94.2 Å². The molecule has 0 bridgehead atoms. The number of carbonyl (C=O) groups is 1. The second-order valence-corrected chi connectivity index (χ2v) is 5.67. The van der Waals surface area contributed by atoms with Gasteiger partial charge >= 0.3 is 0 Å². The van der Waals surface area contributed by atoms with Gasteiger partial charge in [0.15, 0.2) is 0 Å². The van der Waals surface area contributed by atoms with Crippen LogP contribution < -0.4 is 15.6 Å². The summed E-state index contributed by atoms with van der Waals surface area (Å²) in [6.45, 7) is 0.211. The molecule has 0 atom stereocenters. The van der Waals surface area contributed by atoms with E-state index in [1.807, 2.05) is 0 Å². The normalized spacial score (nSPS) is 10.4. The molecule has 0 aliphatic rings. The minimum absolute atomic E-state index is 0.157. The SMILES string of the molecule is COc1ccc(C(=O)Nc2cccn(Cc3cccc(F)c3)c2=O)cc1. The Morgan fingerprint density at radius 1 is 1.12 bits per heavy atom. The van der Waals surface area contributed by atoms with E-state index in [0.717, 1.165) is 0 Å². The van der Waals surface area contributed by atoms with Crippen molar-refractivity contribution >= 4 is 11.6 Å². The van der Waals surface area contributed by atoms with Crippen LogP contribution >= 0.6 is 0 Å². The van der Waals surface area contributed by atoms with Gasteiger partial charge in [0.05, 0.1) is 13.7 Å². The molecule has 2 aromatic carbocycles. The van der Waals surface area contributed by atoms with Crippen molar-refractivity contribution in [2.75, 3.05) is 12.4 Å². The van der Waals surface area contributed by atoms with Crippen LogP contribution in [0.2, 0.25) is 0 Å². The predicted octanol–water partition coefficient (Wildman–Crippen LogP) is 3.30. The number of rotatable bonds is 5. The second kappa shape index (κ2) is 7.65. The molecular weight excluding hydrogens is 335 g/mol. The van der Waals surface area contributed by atoms with E-state index >= 15 is 0 Å². The van der Waals surface area contributed by atoms with Crippen LogP contribution in [0.4, 0.5) is 10.1 Å². The van der Waals surface area contributed by atoms with E-state index < -0.39 is 5.91 Å². The molecule has 0 saturated carbocycles. The second-order valence-electron chi connectivity index (χ2n) is 5.67.